The molecule has 2 atom stereocenters. The molecule has 0 radical (unpaired) electrons. The van der Waals surface area contributed by atoms with Gasteiger partial charge in [-0.25, -0.2) is 4.79 Å². The summed E-state index contributed by atoms with van der Waals surface area (Å²) in [4.78, 5) is 24.2. The molecule has 0 bridgehead atoms. The molecule has 0 unspecified atom stereocenters. The van der Waals surface area contributed by atoms with Gasteiger partial charge < -0.3 is 15.7 Å². The Balaban J connectivity index is 3.91. The van der Waals surface area contributed by atoms with Gasteiger partial charge in [0.1, 0.15) is 6.04 Å². The second-order valence-corrected chi connectivity index (χ2v) is 2.49. The van der Waals surface area contributed by atoms with Gasteiger partial charge in [-0.1, -0.05) is 6.92 Å². The quantitative estimate of drug-likeness (QED) is 0.392. The van der Waals surface area contributed by atoms with E-state index >= 15 is 0 Å². The fourth-order valence-corrected chi connectivity index (χ4v) is 0.668. The lowest BCUT2D eigenvalue weighted by Gasteiger charge is -2.09. The highest BCUT2D eigenvalue weighted by molar-refractivity contribution is 5.76. The first-order valence-corrected chi connectivity index (χ1v) is 3.32. The minimum absolute atomic E-state index is 0.0608. The van der Waals surface area contributed by atoms with E-state index in [2.05, 4.69) is 4.89 Å². The molecule has 12 heavy (non-hydrogen) atoms. The van der Waals surface area contributed by atoms with Gasteiger partial charge in [0.15, 0.2) is 0 Å². The number of rotatable bonds is 4. The number of carbonyl (C=O) groups excluding carboxylic acids is 1. The molecular formula is C6H11NO5. The van der Waals surface area contributed by atoms with E-state index in [4.69, 9.17) is 16.1 Å². The zero-order chi connectivity index (χ0) is 9.72. The van der Waals surface area contributed by atoms with Crippen molar-refractivity contribution in [2.24, 2.45) is 11.7 Å². The average molecular weight is 177 g/mol. The third kappa shape index (κ3) is 3.31. The first kappa shape index (κ1) is 10.9. The third-order valence-electron chi connectivity index (χ3n) is 1.42. The van der Waals surface area contributed by atoms with Gasteiger partial charge in [0.2, 0.25) is 0 Å². The van der Waals surface area contributed by atoms with Crippen LogP contribution in [0.1, 0.15) is 13.3 Å². The number of carboxylic acids is 1. The van der Waals surface area contributed by atoms with Crippen molar-refractivity contribution in [2.75, 3.05) is 0 Å². The Morgan fingerprint density at radius 2 is 2.08 bits per heavy atom. The summed E-state index contributed by atoms with van der Waals surface area (Å²) in [7, 11) is 0. The van der Waals surface area contributed by atoms with E-state index in [1.165, 1.54) is 6.92 Å². The SMILES string of the molecule is C[C@H](C[C@H](N)C(=O)O)C(=O)OO. The summed E-state index contributed by atoms with van der Waals surface area (Å²) in [5.74, 6) is -2.79. The number of hydrogen-bond acceptors (Lipinski definition) is 5. The summed E-state index contributed by atoms with van der Waals surface area (Å²) in [6.45, 7) is 1.42. The van der Waals surface area contributed by atoms with Crippen LogP contribution in [0.25, 0.3) is 0 Å². The van der Waals surface area contributed by atoms with E-state index in [-0.39, 0.29) is 6.42 Å². The molecule has 0 heterocycles. The Bertz CT molecular complexity index is 181. The molecule has 0 saturated carbocycles. The molecule has 0 rings (SSSR count). The van der Waals surface area contributed by atoms with E-state index in [9.17, 15) is 9.59 Å². The monoisotopic (exact) mass is 177 g/mol. The topological polar surface area (TPSA) is 110 Å². The van der Waals surface area contributed by atoms with Crippen molar-refractivity contribution in [3.63, 3.8) is 0 Å². The van der Waals surface area contributed by atoms with E-state index < -0.39 is 23.9 Å². The number of carboxylic acid groups (broad SMARTS) is 1. The van der Waals surface area contributed by atoms with Crippen LogP contribution >= 0.6 is 0 Å². The van der Waals surface area contributed by atoms with Crippen molar-refractivity contribution in [1.29, 1.82) is 0 Å². The highest BCUT2D eigenvalue weighted by atomic mass is 17.1. The summed E-state index contributed by atoms with van der Waals surface area (Å²) in [6.07, 6.45) is -0.0608. The maximum Gasteiger partial charge on any atom is 0.344 e. The molecule has 0 aromatic heterocycles. The predicted molar refractivity (Wildman–Crippen MR) is 38.1 cm³/mol. The molecule has 0 aromatic carbocycles. The predicted octanol–water partition coefficient (Wildman–Crippen LogP) is -0.559. The van der Waals surface area contributed by atoms with Crippen LogP contribution in [0.3, 0.4) is 0 Å². The van der Waals surface area contributed by atoms with E-state index in [1.807, 2.05) is 0 Å². The van der Waals surface area contributed by atoms with Crippen LogP contribution in [-0.4, -0.2) is 28.3 Å². The molecular weight excluding hydrogens is 166 g/mol. The third-order valence-corrected chi connectivity index (χ3v) is 1.42. The van der Waals surface area contributed by atoms with E-state index in [0.717, 1.165) is 0 Å². The van der Waals surface area contributed by atoms with Crippen LogP contribution in [-0.2, 0) is 14.5 Å². The molecule has 0 spiro atoms. The molecule has 6 nitrogen and oxygen atoms in total. The van der Waals surface area contributed by atoms with Gasteiger partial charge in [-0.2, -0.15) is 5.26 Å². The molecule has 0 saturated heterocycles. The fourth-order valence-electron chi connectivity index (χ4n) is 0.668. The van der Waals surface area contributed by atoms with Crippen molar-refractivity contribution in [3.05, 3.63) is 0 Å². The van der Waals surface area contributed by atoms with Gasteiger partial charge >= 0.3 is 11.9 Å². The minimum atomic E-state index is -1.19. The zero-order valence-corrected chi connectivity index (χ0v) is 6.56. The average Bonchev–Trinajstić information content (AvgIpc) is 2.02. The van der Waals surface area contributed by atoms with Crippen molar-refractivity contribution in [1.82, 2.24) is 0 Å². The first-order chi connectivity index (χ1) is 5.49. The van der Waals surface area contributed by atoms with Gasteiger partial charge in [-0.05, 0) is 6.42 Å². The smallest absolute Gasteiger partial charge is 0.344 e. The van der Waals surface area contributed by atoms with Crippen molar-refractivity contribution < 1.29 is 24.8 Å². The second-order valence-electron chi connectivity index (χ2n) is 2.49. The van der Waals surface area contributed by atoms with Crippen LogP contribution in [0, 0.1) is 5.92 Å². The highest BCUT2D eigenvalue weighted by Gasteiger charge is 2.21. The molecule has 0 amide bonds. The van der Waals surface area contributed by atoms with Crippen molar-refractivity contribution >= 4 is 11.9 Å². The summed E-state index contributed by atoms with van der Waals surface area (Å²) >= 11 is 0. The lowest BCUT2D eigenvalue weighted by molar-refractivity contribution is -0.238. The normalized spacial score (nSPS) is 14.9. The lowest BCUT2D eigenvalue weighted by atomic mass is 10.0. The van der Waals surface area contributed by atoms with Crippen molar-refractivity contribution in [2.45, 2.75) is 19.4 Å². The summed E-state index contributed by atoms with van der Waals surface area (Å²) in [6, 6.07) is -1.11. The largest absolute Gasteiger partial charge is 0.480 e. The lowest BCUT2D eigenvalue weighted by Crippen LogP contribution is -2.33. The Labute approximate surface area is 68.9 Å². The molecule has 4 N–H and O–H groups in total. The molecule has 0 aliphatic rings. The van der Waals surface area contributed by atoms with Crippen LogP contribution in [0.2, 0.25) is 0 Å². The number of nitrogens with two attached hydrogens (primary N) is 1. The van der Waals surface area contributed by atoms with Crippen molar-refractivity contribution in [3.8, 4) is 0 Å². The molecule has 0 aromatic rings. The number of aliphatic carboxylic acids is 1. The van der Waals surface area contributed by atoms with Crippen LogP contribution in [0.4, 0.5) is 0 Å². The maximum atomic E-state index is 10.5. The molecule has 0 fully saturated rings. The van der Waals surface area contributed by atoms with Gasteiger partial charge in [0.05, 0.1) is 5.92 Å². The molecule has 0 aliphatic heterocycles. The number of hydrogen-bond donors (Lipinski definition) is 3. The Morgan fingerprint density at radius 3 is 2.42 bits per heavy atom. The molecule has 0 aliphatic carbocycles. The van der Waals surface area contributed by atoms with Crippen LogP contribution in [0.5, 0.6) is 0 Å². The maximum absolute atomic E-state index is 10.5. The van der Waals surface area contributed by atoms with Crippen LogP contribution < -0.4 is 5.73 Å². The van der Waals surface area contributed by atoms with Gasteiger partial charge in [0, 0.05) is 0 Å². The first-order valence-electron chi connectivity index (χ1n) is 3.32. The van der Waals surface area contributed by atoms with Gasteiger partial charge in [-0.15, -0.1) is 0 Å². The van der Waals surface area contributed by atoms with E-state index in [0.29, 0.717) is 0 Å². The second kappa shape index (κ2) is 4.68. The number of carbonyl (C=O) groups is 2. The van der Waals surface area contributed by atoms with Crippen LogP contribution in [0.15, 0.2) is 0 Å². The Morgan fingerprint density at radius 1 is 1.58 bits per heavy atom. The zero-order valence-electron chi connectivity index (χ0n) is 6.56. The van der Waals surface area contributed by atoms with E-state index in [1.54, 1.807) is 0 Å². The summed E-state index contributed by atoms with van der Waals surface area (Å²) in [5.41, 5.74) is 5.12. The standard InChI is InChI=1S/C6H11NO5/c1-3(6(10)12-11)2-4(7)5(8)9/h3-4,11H,2,7H2,1H3,(H,8,9)/t3-,4+/m1/s1. The Hall–Kier alpha value is -1.14. The molecule has 6 heteroatoms. The Kier molecular flexibility index (Phi) is 4.24. The fraction of sp³-hybridized carbons (Fsp3) is 0.667. The van der Waals surface area contributed by atoms with Gasteiger partial charge in [-0.3, -0.25) is 4.79 Å². The summed E-state index contributed by atoms with van der Waals surface area (Å²) in [5, 5.41) is 16.3. The summed E-state index contributed by atoms with van der Waals surface area (Å²) < 4.78 is 0. The van der Waals surface area contributed by atoms with Gasteiger partial charge in [0.25, 0.3) is 0 Å². The highest BCUT2D eigenvalue weighted by Crippen LogP contribution is 2.06. The molecule has 70 valence electrons. The minimum Gasteiger partial charge on any atom is -0.480 e.